The van der Waals surface area contributed by atoms with Gasteiger partial charge in [-0.2, -0.15) is 0 Å². The first kappa shape index (κ1) is 6.92. The minimum absolute atomic E-state index is 0.124. The zero-order chi connectivity index (χ0) is 7.56. The van der Waals surface area contributed by atoms with E-state index < -0.39 is 0 Å². The lowest BCUT2D eigenvalue weighted by Crippen LogP contribution is -2.19. The lowest BCUT2D eigenvalue weighted by Gasteiger charge is -2.06. The van der Waals surface area contributed by atoms with Crippen molar-refractivity contribution >= 4 is 5.69 Å². The zero-order valence-electron chi connectivity index (χ0n) is 6.11. The van der Waals surface area contributed by atoms with Crippen LogP contribution in [-0.2, 0) is 0 Å². The molecule has 1 aromatic rings. The van der Waals surface area contributed by atoms with Gasteiger partial charge in [0.05, 0.1) is 18.1 Å². The van der Waals surface area contributed by atoms with E-state index in [0.717, 1.165) is 0 Å². The Balaban J connectivity index is 2.58. The van der Waals surface area contributed by atoms with Gasteiger partial charge in [0, 0.05) is 0 Å². The van der Waals surface area contributed by atoms with Crippen LogP contribution in [0.25, 0.3) is 0 Å². The molecule has 4 heteroatoms. The first-order valence-electron chi connectivity index (χ1n) is 3.16. The van der Waals surface area contributed by atoms with Crippen LogP contribution >= 0.6 is 0 Å². The molecular formula is C6H11N3O. The minimum Gasteiger partial charge on any atom is -0.396 e. The smallest absolute Gasteiger partial charge is 0.121 e. The van der Waals surface area contributed by atoms with Crippen molar-refractivity contribution in [2.24, 2.45) is 0 Å². The van der Waals surface area contributed by atoms with Gasteiger partial charge < -0.3 is 10.6 Å². The van der Waals surface area contributed by atoms with Crippen molar-refractivity contribution in [2.75, 3.05) is 5.73 Å². The highest BCUT2D eigenvalue weighted by Crippen LogP contribution is 1.96. The molecule has 0 fully saturated rings. The van der Waals surface area contributed by atoms with Gasteiger partial charge >= 0.3 is 0 Å². The lowest BCUT2D eigenvalue weighted by atomic mass is 10.5. The molecule has 1 heterocycles. The number of nitrogen functional groups attached to an aromatic ring is 1. The van der Waals surface area contributed by atoms with Crippen LogP contribution in [0.2, 0.25) is 0 Å². The van der Waals surface area contributed by atoms with E-state index >= 15 is 0 Å². The Morgan fingerprint density at radius 2 is 2.40 bits per heavy atom. The van der Waals surface area contributed by atoms with Crippen molar-refractivity contribution < 1.29 is 4.84 Å². The third-order valence-corrected chi connectivity index (χ3v) is 0.899. The van der Waals surface area contributed by atoms with Crippen LogP contribution in [-0.4, -0.2) is 16.0 Å². The van der Waals surface area contributed by atoms with E-state index in [2.05, 4.69) is 5.10 Å². The number of hydrogen-bond donors (Lipinski definition) is 1. The van der Waals surface area contributed by atoms with E-state index in [0.29, 0.717) is 5.69 Å². The molecule has 1 rings (SSSR count). The third-order valence-electron chi connectivity index (χ3n) is 0.899. The molecule has 0 radical (unpaired) electrons. The average Bonchev–Trinajstić information content (AvgIpc) is 2.13. The molecule has 0 amide bonds. The number of aromatic nitrogens is 2. The first-order valence-corrected chi connectivity index (χ1v) is 3.16. The van der Waals surface area contributed by atoms with E-state index in [1.54, 1.807) is 12.4 Å². The number of anilines is 1. The summed E-state index contributed by atoms with van der Waals surface area (Å²) in [7, 11) is 0. The maximum Gasteiger partial charge on any atom is 0.121 e. The van der Waals surface area contributed by atoms with Gasteiger partial charge in [0.1, 0.15) is 6.10 Å². The summed E-state index contributed by atoms with van der Waals surface area (Å²) in [6, 6.07) is 0. The van der Waals surface area contributed by atoms with Crippen LogP contribution in [0.4, 0.5) is 5.69 Å². The number of hydrogen-bond acceptors (Lipinski definition) is 3. The second kappa shape index (κ2) is 2.60. The molecule has 56 valence electrons. The molecule has 2 N–H and O–H groups in total. The highest BCUT2D eigenvalue weighted by atomic mass is 16.7. The van der Waals surface area contributed by atoms with Crippen molar-refractivity contribution in [3.8, 4) is 0 Å². The molecule has 0 aliphatic heterocycles. The Morgan fingerprint density at radius 3 is 2.80 bits per heavy atom. The topological polar surface area (TPSA) is 53.1 Å². The van der Waals surface area contributed by atoms with Crippen molar-refractivity contribution in [3.05, 3.63) is 12.4 Å². The molecule has 0 bridgehead atoms. The number of rotatable bonds is 2. The molecule has 10 heavy (non-hydrogen) atoms. The Labute approximate surface area is 59.5 Å². The van der Waals surface area contributed by atoms with Crippen LogP contribution in [0.1, 0.15) is 13.8 Å². The van der Waals surface area contributed by atoms with E-state index in [-0.39, 0.29) is 6.10 Å². The van der Waals surface area contributed by atoms with Gasteiger partial charge in [-0.25, -0.2) is 0 Å². The van der Waals surface area contributed by atoms with Crippen LogP contribution in [0.5, 0.6) is 0 Å². The summed E-state index contributed by atoms with van der Waals surface area (Å²) in [4.78, 5) is 6.52. The standard InChI is InChI=1S/C6H11N3O/c1-5(2)10-9-4-6(7)3-8-9/h3-5H,7H2,1-2H3. The SMILES string of the molecule is CC(C)On1cc(N)cn1. The third kappa shape index (κ3) is 1.65. The van der Waals surface area contributed by atoms with Gasteiger partial charge in [-0.05, 0) is 13.8 Å². The maximum atomic E-state index is 5.39. The second-order valence-corrected chi connectivity index (χ2v) is 2.33. The Bertz CT molecular complexity index is 207. The predicted molar refractivity (Wildman–Crippen MR) is 38.4 cm³/mol. The molecule has 0 unspecified atom stereocenters. The van der Waals surface area contributed by atoms with E-state index in [1.807, 2.05) is 13.8 Å². The zero-order valence-corrected chi connectivity index (χ0v) is 6.11. The number of nitrogens with two attached hydrogens (primary N) is 1. The lowest BCUT2D eigenvalue weighted by molar-refractivity contribution is 0.0362. The first-order chi connectivity index (χ1) is 4.68. The van der Waals surface area contributed by atoms with Crippen LogP contribution in [0, 0.1) is 0 Å². The summed E-state index contributed by atoms with van der Waals surface area (Å²) >= 11 is 0. The molecule has 0 aliphatic carbocycles. The highest BCUT2D eigenvalue weighted by Gasteiger charge is 1.96. The molecular weight excluding hydrogens is 130 g/mol. The van der Waals surface area contributed by atoms with Gasteiger partial charge in [-0.1, -0.05) is 0 Å². The van der Waals surface area contributed by atoms with E-state index in [1.165, 1.54) is 4.85 Å². The normalized spacial score (nSPS) is 10.3. The van der Waals surface area contributed by atoms with Crippen molar-refractivity contribution in [3.63, 3.8) is 0 Å². The summed E-state index contributed by atoms with van der Waals surface area (Å²) < 4.78 is 0. The molecule has 0 aromatic carbocycles. The largest absolute Gasteiger partial charge is 0.396 e. The predicted octanol–water partition coefficient (Wildman–Crippen LogP) is 0.302. The van der Waals surface area contributed by atoms with E-state index in [9.17, 15) is 0 Å². The summed E-state index contributed by atoms with van der Waals surface area (Å²) in [5.74, 6) is 0. The quantitative estimate of drug-likeness (QED) is 0.644. The fraction of sp³-hybridized carbons (Fsp3) is 0.500. The van der Waals surface area contributed by atoms with Crippen molar-refractivity contribution in [1.82, 2.24) is 9.94 Å². The van der Waals surface area contributed by atoms with Gasteiger partial charge in [0.15, 0.2) is 0 Å². The van der Waals surface area contributed by atoms with E-state index in [4.69, 9.17) is 10.6 Å². The Hall–Kier alpha value is -1.19. The van der Waals surface area contributed by atoms with Gasteiger partial charge in [-0.15, -0.1) is 9.94 Å². The average molecular weight is 141 g/mol. The Morgan fingerprint density at radius 1 is 1.70 bits per heavy atom. The van der Waals surface area contributed by atoms with Crippen molar-refractivity contribution in [1.29, 1.82) is 0 Å². The van der Waals surface area contributed by atoms with Crippen LogP contribution in [0.15, 0.2) is 12.4 Å². The van der Waals surface area contributed by atoms with Gasteiger partial charge in [-0.3, -0.25) is 0 Å². The molecule has 4 nitrogen and oxygen atoms in total. The second-order valence-electron chi connectivity index (χ2n) is 2.33. The molecule has 1 aromatic heterocycles. The molecule has 0 atom stereocenters. The fourth-order valence-corrected chi connectivity index (χ4v) is 0.591. The van der Waals surface area contributed by atoms with Crippen LogP contribution in [0.3, 0.4) is 0 Å². The minimum atomic E-state index is 0.124. The van der Waals surface area contributed by atoms with Gasteiger partial charge in [0.25, 0.3) is 0 Å². The summed E-state index contributed by atoms with van der Waals surface area (Å²) in [5.41, 5.74) is 6.00. The summed E-state index contributed by atoms with van der Waals surface area (Å²) in [5, 5.41) is 3.83. The monoisotopic (exact) mass is 141 g/mol. The summed E-state index contributed by atoms with van der Waals surface area (Å²) in [6.45, 7) is 3.86. The molecule has 0 aliphatic rings. The summed E-state index contributed by atoms with van der Waals surface area (Å²) in [6.07, 6.45) is 3.29. The van der Waals surface area contributed by atoms with Crippen LogP contribution < -0.4 is 10.6 Å². The highest BCUT2D eigenvalue weighted by molar-refractivity contribution is 5.29. The van der Waals surface area contributed by atoms with Gasteiger partial charge in [0.2, 0.25) is 0 Å². The van der Waals surface area contributed by atoms with Crippen molar-refractivity contribution in [2.45, 2.75) is 20.0 Å². The molecule has 0 saturated carbocycles. The molecule has 0 spiro atoms. The molecule has 0 saturated heterocycles. The Kier molecular flexibility index (Phi) is 1.80. The fourth-order valence-electron chi connectivity index (χ4n) is 0.591. The maximum absolute atomic E-state index is 5.39. The number of nitrogens with zero attached hydrogens (tertiary/aromatic N) is 2.